The van der Waals surface area contributed by atoms with Crippen molar-refractivity contribution in [3.8, 4) is 0 Å². The zero-order valence-electron chi connectivity index (χ0n) is 11.1. The van der Waals surface area contributed by atoms with Gasteiger partial charge in [0.05, 0.1) is 6.42 Å². The van der Waals surface area contributed by atoms with Crippen molar-refractivity contribution in [1.82, 2.24) is 0 Å². The summed E-state index contributed by atoms with van der Waals surface area (Å²) in [6.07, 6.45) is 10.4. The summed E-state index contributed by atoms with van der Waals surface area (Å²) in [4.78, 5) is 13.3. The van der Waals surface area contributed by atoms with Crippen molar-refractivity contribution in [1.29, 1.82) is 0 Å². The van der Waals surface area contributed by atoms with E-state index >= 15 is 0 Å². The smallest absolute Gasteiger partial charge is 0.296 e. The third kappa shape index (κ3) is 7.42. The summed E-state index contributed by atoms with van der Waals surface area (Å²) in [6.45, 7) is 5.90. The van der Waals surface area contributed by atoms with Crippen LogP contribution in [0, 0.1) is 0 Å². The summed E-state index contributed by atoms with van der Waals surface area (Å²) in [6, 6.07) is 0. The highest BCUT2D eigenvalue weighted by Gasteiger charge is 2.07. The van der Waals surface area contributed by atoms with E-state index in [1.807, 2.05) is 26.0 Å². The Hall–Kier alpha value is -1.47. The Morgan fingerprint density at radius 3 is 2.41 bits per heavy atom. The standard InChI is InChI=1S/C9H12N2.C5H10O/c1-2-4-8-5-3-6-9(7-8)11-10;1-3-5(6)4-2/h3,5,7H,2,4,6H2,1H3;3-4H2,1-2H3. The molecule has 0 N–H and O–H groups in total. The van der Waals surface area contributed by atoms with Crippen LogP contribution in [0.25, 0.3) is 5.53 Å². The molecule has 1 aliphatic carbocycles. The number of carbonyl (C=O) groups is 1. The molecular formula is C14H22N2O. The van der Waals surface area contributed by atoms with E-state index in [9.17, 15) is 4.79 Å². The second-order valence-electron chi connectivity index (χ2n) is 3.91. The Labute approximate surface area is 104 Å². The molecule has 0 saturated heterocycles. The lowest BCUT2D eigenvalue weighted by molar-refractivity contribution is -0.118. The number of hydrogen-bond donors (Lipinski definition) is 0. The summed E-state index contributed by atoms with van der Waals surface area (Å²) in [5.41, 5.74) is 10.5. The normalized spacial score (nSPS) is 13.4. The maximum Gasteiger partial charge on any atom is 0.296 e. The fourth-order valence-electron chi connectivity index (χ4n) is 1.42. The second kappa shape index (κ2) is 9.73. The van der Waals surface area contributed by atoms with Crippen molar-refractivity contribution >= 4 is 11.5 Å². The zero-order valence-corrected chi connectivity index (χ0v) is 11.1. The van der Waals surface area contributed by atoms with Crippen molar-refractivity contribution in [3.05, 3.63) is 29.3 Å². The highest BCUT2D eigenvalue weighted by molar-refractivity contribution is 5.93. The van der Waals surface area contributed by atoms with E-state index in [1.165, 1.54) is 5.57 Å². The topological polar surface area (TPSA) is 53.5 Å². The van der Waals surface area contributed by atoms with Crippen LogP contribution < -0.4 is 0 Å². The van der Waals surface area contributed by atoms with Gasteiger partial charge in [0.2, 0.25) is 0 Å². The Morgan fingerprint density at radius 2 is 2.00 bits per heavy atom. The molecule has 0 saturated carbocycles. The van der Waals surface area contributed by atoms with E-state index < -0.39 is 0 Å². The van der Waals surface area contributed by atoms with Crippen molar-refractivity contribution in [2.24, 2.45) is 0 Å². The van der Waals surface area contributed by atoms with E-state index in [0.29, 0.717) is 18.6 Å². The first-order valence-electron chi connectivity index (χ1n) is 6.27. The number of Topliss-reactive ketones (excluding diaryl/α,β-unsaturated/α-hetero) is 1. The van der Waals surface area contributed by atoms with Crippen LogP contribution in [0.5, 0.6) is 0 Å². The summed E-state index contributed by atoms with van der Waals surface area (Å²) in [7, 11) is 0. The molecule has 0 heterocycles. The highest BCUT2D eigenvalue weighted by Crippen LogP contribution is 2.11. The van der Waals surface area contributed by atoms with Gasteiger partial charge in [-0.05, 0) is 12.0 Å². The Balaban J connectivity index is 0.000000366. The molecule has 0 bridgehead atoms. The molecule has 17 heavy (non-hydrogen) atoms. The first-order chi connectivity index (χ1) is 8.17. The van der Waals surface area contributed by atoms with E-state index in [0.717, 1.165) is 25.0 Å². The molecule has 0 atom stereocenters. The molecule has 3 heteroatoms. The van der Waals surface area contributed by atoms with Gasteiger partial charge in [-0.1, -0.05) is 39.3 Å². The van der Waals surface area contributed by atoms with Gasteiger partial charge >= 0.3 is 0 Å². The van der Waals surface area contributed by atoms with Crippen LogP contribution in [0.1, 0.15) is 52.9 Å². The van der Waals surface area contributed by atoms with Gasteiger partial charge in [0.15, 0.2) is 0 Å². The fourth-order valence-corrected chi connectivity index (χ4v) is 1.42. The predicted octanol–water partition coefficient (Wildman–Crippen LogP) is 3.72. The van der Waals surface area contributed by atoms with E-state index in [1.54, 1.807) is 0 Å². The predicted molar refractivity (Wildman–Crippen MR) is 71.0 cm³/mol. The van der Waals surface area contributed by atoms with Gasteiger partial charge in [0.1, 0.15) is 5.78 Å². The Morgan fingerprint density at radius 1 is 1.35 bits per heavy atom. The Kier molecular flexibility index (Phi) is 8.89. The third-order valence-electron chi connectivity index (χ3n) is 2.47. The van der Waals surface area contributed by atoms with E-state index in [-0.39, 0.29) is 0 Å². The molecular weight excluding hydrogens is 212 g/mol. The van der Waals surface area contributed by atoms with Crippen molar-refractivity contribution < 1.29 is 9.58 Å². The molecule has 0 spiro atoms. The van der Waals surface area contributed by atoms with Crippen LogP contribution in [0.3, 0.4) is 0 Å². The molecule has 0 fully saturated rings. The molecule has 0 aromatic carbocycles. The summed E-state index contributed by atoms with van der Waals surface area (Å²) >= 11 is 0. The van der Waals surface area contributed by atoms with E-state index in [4.69, 9.17) is 5.53 Å². The van der Waals surface area contributed by atoms with Crippen LogP contribution in [-0.4, -0.2) is 16.3 Å². The second-order valence-corrected chi connectivity index (χ2v) is 3.91. The molecule has 0 radical (unpaired) electrons. The number of hydrogen-bond acceptors (Lipinski definition) is 1. The SMILES string of the molecule is CCC(=O)CC.CCCC1=CC(=[N+]=[N-])CC=C1. The maximum absolute atomic E-state index is 10.2. The summed E-state index contributed by atoms with van der Waals surface area (Å²) in [5, 5.41) is 0. The first-order valence-corrected chi connectivity index (χ1v) is 6.27. The number of rotatable bonds is 4. The maximum atomic E-state index is 10.2. The largest absolute Gasteiger partial charge is 0.361 e. The molecule has 1 rings (SSSR count). The molecule has 1 aliphatic rings. The monoisotopic (exact) mass is 234 g/mol. The molecule has 0 amide bonds. The zero-order chi connectivity index (χ0) is 13.1. The lowest BCUT2D eigenvalue weighted by atomic mass is 10.0. The molecule has 0 unspecified atom stereocenters. The van der Waals surface area contributed by atoms with Gasteiger partial charge in [-0.15, -0.1) is 0 Å². The number of allylic oxidation sites excluding steroid dienone is 4. The number of nitrogens with zero attached hydrogens (tertiary/aromatic N) is 2. The molecule has 0 aromatic heterocycles. The number of carbonyl (C=O) groups excluding carboxylic acids is 1. The van der Waals surface area contributed by atoms with Gasteiger partial charge < -0.3 is 5.53 Å². The third-order valence-corrected chi connectivity index (χ3v) is 2.47. The Bertz CT molecular complexity index is 341. The van der Waals surface area contributed by atoms with Crippen molar-refractivity contribution in [2.45, 2.75) is 52.9 Å². The average Bonchev–Trinajstić information content (AvgIpc) is 2.39. The molecule has 0 aromatic rings. The summed E-state index contributed by atoms with van der Waals surface area (Å²) in [5.74, 6) is 0.343. The quantitative estimate of drug-likeness (QED) is 0.540. The fraction of sp³-hybridized carbons (Fsp3) is 0.571. The van der Waals surface area contributed by atoms with Crippen LogP contribution in [0.15, 0.2) is 23.8 Å². The van der Waals surface area contributed by atoms with Gasteiger partial charge in [0, 0.05) is 18.9 Å². The molecule has 94 valence electrons. The van der Waals surface area contributed by atoms with Crippen LogP contribution >= 0.6 is 0 Å². The van der Waals surface area contributed by atoms with Gasteiger partial charge in [-0.2, -0.15) is 4.79 Å². The van der Waals surface area contributed by atoms with Crippen molar-refractivity contribution in [2.75, 3.05) is 0 Å². The van der Waals surface area contributed by atoms with Gasteiger partial charge in [-0.3, -0.25) is 4.79 Å². The minimum absolute atomic E-state index is 0.343. The molecule has 3 nitrogen and oxygen atoms in total. The summed E-state index contributed by atoms with van der Waals surface area (Å²) < 4.78 is 0. The van der Waals surface area contributed by atoms with Crippen LogP contribution in [0.2, 0.25) is 0 Å². The van der Waals surface area contributed by atoms with Gasteiger partial charge in [0.25, 0.3) is 5.71 Å². The lowest BCUT2D eigenvalue weighted by Crippen LogP contribution is -1.99. The van der Waals surface area contributed by atoms with E-state index in [2.05, 4.69) is 17.8 Å². The minimum atomic E-state index is 0.343. The van der Waals surface area contributed by atoms with Crippen LogP contribution in [0.4, 0.5) is 0 Å². The molecule has 0 aliphatic heterocycles. The lowest BCUT2D eigenvalue weighted by Gasteiger charge is -2.00. The highest BCUT2D eigenvalue weighted by atomic mass is 16.1. The minimum Gasteiger partial charge on any atom is -0.361 e. The van der Waals surface area contributed by atoms with Gasteiger partial charge in [-0.25, -0.2) is 0 Å². The van der Waals surface area contributed by atoms with Crippen LogP contribution in [-0.2, 0) is 4.79 Å². The first kappa shape index (κ1) is 15.5. The average molecular weight is 234 g/mol. The number of ketones is 1. The van der Waals surface area contributed by atoms with Crippen molar-refractivity contribution in [3.63, 3.8) is 0 Å².